The van der Waals surface area contributed by atoms with Crippen LogP contribution in [0.1, 0.15) is 25.7 Å². The van der Waals surface area contributed by atoms with Gasteiger partial charge in [-0.1, -0.05) is 12.8 Å². The minimum atomic E-state index is -3.46. The highest BCUT2D eigenvalue weighted by Gasteiger charge is 2.25. The van der Waals surface area contributed by atoms with Crippen LogP contribution in [-0.4, -0.2) is 26.3 Å². The Kier molecular flexibility index (Phi) is 3.86. The van der Waals surface area contributed by atoms with Crippen molar-refractivity contribution in [2.24, 2.45) is 5.73 Å². The summed E-state index contributed by atoms with van der Waals surface area (Å²) in [5, 5.41) is 8.30. The van der Waals surface area contributed by atoms with E-state index in [0.717, 1.165) is 25.7 Å². The summed E-state index contributed by atoms with van der Waals surface area (Å²) in [7, 11) is -3.46. The summed E-state index contributed by atoms with van der Waals surface area (Å²) in [6.07, 6.45) is 3.66. The van der Waals surface area contributed by atoms with Gasteiger partial charge in [0.2, 0.25) is 10.0 Å². The highest BCUT2D eigenvalue weighted by molar-refractivity contribution is 7.89. The maximum absolute atomic E-state index is 11.3. The van der Waals surface area contributed by atoms with Crippen molar-refractivity contribution in [1.29, 1.82) is 5.26 Å². The monoisotopic (exact) mass is 217 g/mol. The maximum Gasteiger partial charge on any atom is 0.225 e. The van der Waals surface area contributed by atoms with Crippen molar-refractivity contribution in [3.63, 3.8) is 0 Å². The number of nitrogens with one attached hydrogen (secondary N) is 1. The smallest absolute Gasteiger partial charge is 0.225 e. The molecular formula is C8H15N3O2S. The Balaban J connectivity index is 2.55. The average molecular weight is 217 g/mol. The summed E-state index contributed by atoms with van der Waals surface area (Å²) in [5.41, 5.74) is 5.77. The number of nitrogens with zero attached hydrogens (tertiary/aromatic N) is 1. The fourth-order valence-electron chi connectivity index (χ4n) is 1.66. The molecule has 2 atom stereocenters. The van der Waals surface area contributed by atoms with Gasteiger partial charge in [0.15, 0.2) is 5.75 Å². The number of nitrogens with two attached hydrogens (primary N) is 1. The quantitative estimate of drug-likeness (QED) is 0.678. The van der Waals surface area contributed by atoms with Crippen LogP contribution in [0.2, 0.25) is 0 Å². The Morgan fingerprint density at radius 1 is 1.43 bits per heavy atom. The van der Waals surface area contributed by atoms with Gasteiger partial charge in [0.05, 0.1) is 6.07 Å². The van der Waals surface area contributed by atoms with Crippen molar-refractivity contribution in [3.8, 4) is 6.07 Å². The normalized spacial score (nSPS) is 28.3. The Hall–Kier alpha value is -0.640. The molecule has 1 aliphatic rings. The Morgan fingerprint density at radius 3 is 2.64 bits per heavy atom. The highest BCUT2D eigenvalue weighted by Crippen LogP contribution is 2.17. The number of rotatable bonds is 3. The van der Waals surface area contributed by atoms with Crippen molar-refractivity contribution in [2.45, 2.75) is 37.8 Å². The fraction of sp³-hybridized carbons (Fsp3) is 0.875. The van der Waals surface area contributed by atoms with Crippen LogP contribution < -0.4 is 10.5 Å². The average Bonchev–Trinajstić information content (AvgIpc) is 2.08. The van der Waals surface area contributed by atoms with Crippen LogP contribution in [0.5, 0.6) is 0 Å². The Labute approximate surface area is 84.3 Å². The number of hydrogen-bond donors (Lipinski definition) is 2. The summed E-state index contributed by atoms with van der Waals surface area (Å²) >= 11 is 0. The number of hydrogen-bond acceptors (Lipinski definition) is 4. The van der Waals surface area contributed by atoms with Crippen LogP contribution in [0, 0.1) is 11.3 Å². The molecule has 0 aromatic heterocycles. The van der Waals surface area contributed by atoms with Crippen LogP contribution in [0.3, 0.4) is 0 Å². The lowest BCUT2D eigenvalue weighted by Crippen LogP contribution is -2.49. The van der Waals surface area contributed by atoms with Gasteiger partial charge in [-0.2, -0.15) is 5.26 Å². The molecule has 0 aliphatic heterocycles. The highest BCUT2D eigenvalue weighted by atomic mass is 32.2. The van der Waals surface area contributed by atoms with Gasteiger partial charge >= 0.3 is 0 Å². The first-order valence-corrected chi connectivity index (χ1v) is 6.33. The van der Waals surface area contributed by atoms with Gasteiger partial charge in [0, 0.05) is 12.1 Å². The third kappa shape index (κ3) is 3.25. The molecule has 0 radical (unpaired) electrons. The third-order valence-electron chi connectivity index (χ3n) is 2.40. The summed E-state index contributed by atoms with van der Waals surface area (Å²) in [6.45, 7) is 0. The molecule has 1 saturated carbocycles. The van der Waals surface area contributed by atoms with Crippen LogP contribution >= 0.6 is 0 Å². The molecule has 5 nitrogen and oxygen atoms in total. The van der Waals surface area contributed by atoms with E-state index in [1.165, 1.54) is 0 Å². The van der Waals surface area contributed by atoms with E-state index >= 15 is 0 Å². The van der Waals surface area contributed by atoms with Crippen LogP contribution in [0.15, 0.2) is 0 Å². The van der Waals surface area contributed by atoms with Crippen LogP contribution in [-0.2, 0) is 10.0 Å². The largest absolute Gasteiger partial charge is 0.326 e. The van der Waals surface area contributed by atoms with E-state index in [1.54, 1.807) is 6.07 Å². The summed E-state index contributed by atoms with van der Waals surface area (Å²) in [5.74, 6) is -0.490. The first-order valence-electron chi connectivity index (χ1n) is 4.68. The first-order chi connectivity index (χ1) is 6.55. The van der Waals surface area contributed by atoms with E-state index in [2.05, 4.69) is 4.72 Å². The lowest BCUT2D eigenvalue weighted by molar-refractivity contribution is 0.361. The molecule has 0 saturated heterocycles. The van der Waals surface area contributed by atoms with E-state index in [-0.39, 0.29) is 12.1 Å². The zero-order valence-electron chi connectivity index (χ0n) is 7.94. The van der Waals surface area contributed by atoms with Gasteiger partial charge in [-0.05, 0) is 12.8 Å². The van der Waals surface area contributed by atoms with Crippen molar-refractivity contribution in [2.75, 3.05) is 5.75 Å². The maximum atomic E-state index is 11.3. The molecule has 0 amide bonds. The minimum Gasteiger partial charge on any atom is -0.326 e. The van der Waals surface area contributed by atoms with Gasteiger partial charge in [-0.15, -0.1) is 0 Å². The summed E-state index contributed by atoms with van der Waals surface area (Å²) in [6, 6.07) is 1.31. The Bertz CT molecular complexity index is 320. The molecule has 1 rings (SSSR count). The molecule has 14 heavy (non-hydrogen) atoms. The predicted octanol–water partition coefficient (Wildman–Crippen LogP) is -0.301. The summed E-state index contributed by atoms with van der Waals surface area (Å²) < 4.78 is 25.0. The molecule has 2 unspecified atom stereocenters. The SMILES string of the molecule is N#CCS(=O)(=O)NC1CCCCC1N. The second-order valence-electron chi connectivity index (χ2n) is 3.59. The molecule has 1 fully saturated rings. The van der Waals surface area contributed by atoms with Crippen LogP contribution in [0.25, 0.3) is 0 Å². The topological polar surface area (TPSA) is 96.0 Å². The standard InChI is InChI=1S/C8H15N3O2S/c9-5-6-14(12,13)11-8-4-2-1-3-7(8)10/h7-8,11H,1-4,6,10H2. The molecule has 3 N–H and O–H groups in total. The summed E-state index contributed by atoms with van der Waals surface area (Å²) in [4.78, 5) is 0. The molecule has 0 bridgehead atoms. The molecule has 0 aromatic rings. The van der Waals surface area contributed by atoms with E-state index in [1.807, 2.05) is 0 Å². The van der Waals surface area contributed by atoms with E-state index in [4.69, 9.17) is 11.0 Å². The van der Waals surface area contributed by atoms with Gasteiger partial charge in [-0.25, -0.2) is 13.1 Å². The zero-order chi connectivity index (χ0) is 10.6. The van der Waals surface area contributed by atoms with Gasteiger partial charge in [0.25, 0.3) is 0 Å². The van der Waals surface area contributed by atoms with E-state index in [0.29, 0.717) is 0 Å². The lowest BCUT2D eigenvalue weighted by Gasteiger charge is -2.28. The van der Waals surface area contributed by atoms with E-state index < -0.39 is 15.8 Å². The molecule has 80 valence electrons. The number of sulfonamides is 1. The van der Waals surface area contributed by atoms with Crippen molar-refractivity contribution < 1.29 is 8.42 Å². The lowest BCUT2D eigenvalue weighted by atomic mass is 9.92. The third-order valence-corrected chi connectivity index (χ3v) is 3.58. The van der Waals surface area contributed by atoms with Gasteiger partial charge in [-0.3, -0.25) is 0 Å². The minimum absolute atomic E-state index is 0.114. The second kappa shape index (κ2) is 4.73. The van der Waals surface area contributed by atoms with Crippen molar-refractivity contribution in [3.05, 3.63) is 0 Å². The van der Waals surface area contributed by atoms with Crippen molar-refractivity contribution in [1.82, 2.24) is 4.72 Å². The first kappa shape index (κ1) is 11.4. The van der Waals surface area contributed by atoms with Gasteiger partial charge in [0.1, 0.15) is 0 Å². The zero-order valence-corrected chi connectivity index (χ0v) is 8.76. The predicted molar refractivity (Wildman–Crippen MR) is 52.8 cm³/mol. The fourth-order valence-corrected chi connectivity index (χ4v) is 2.67. The molecule has 6 heteroatoms. The second-order valence-corrected chi connectivity index (χ2v) is 5.34. The molecule has 0 spiro atoms. The number of nitriles is 1. The van der Waals surface area contributed by atoms with Crippen LogP contribution in [0.4, 0.5) is 0 Å². The van der Waals surface area contributed by atoms with Crippen molar-refractivity contribution >= 4 is 10.0 Å². The Morgan fingerprint density at radius 2 is 2.07 bits per heavy atom. The van der Waals surface area contributed by atoms with E-state index in [9.17, 15) is 8.42 Å². The molecule has 0 heterocycles. The molecular weight excluding hydrogens is 202 g/mol. The molecule has 0 aromatic carbocycles. The van der Waals surface area contributed by atoms with Gasteiger partial charge < -0.3 is 5.73 Å². The molecule has 1 aliphatic carbocycles.